The van der Waals surface area contributed by atoms with Gasteiger partial charge in [0.25, 0.3) is 0 Å². The SMILES string of the molecule is CCC(C)C(C)(N)Oc1cccnc1. The molecule has 2 N–H and O–H groups in total. The Labute approximate surface area is 85.3 Å². The first kappa shape index (κ1) is 11.0. The van der Waals surface area contributed by atoms with Crippen LogP contribution in [0.3, 0.4) is 0 Å². The lowest BCUT2D eigenvalue weighted by molar-refractivity contribution is 0.0373. The van der Waals surface area contributed by atoms with Crippen molar-refractivity contribution in [2.24, 2.45) is 11.7 Å². The van der Waals surface area contributed by atoms with E-state index in [1.54, 1.807) is 12.4 Å². The quantitative estimate of drug-likeness (QED) is 0.747. The normalized spacial score (nSPS) is 17.1. The van der Waals surface area contributed by atoms with Crippen molar-refractivity contribution in [3.8, 4) is 5.75 Å². The van der Waals surface area contributed by atoms with Gasteiger partial charge in [-0.1, -0.05) is 13.8 Å². The van der Waals surface area contributed by atoms with E-state index in [0.29, 0.717) is 5.92 Å². The Morgan fingerprint density at radius 2 is 2.36 bits per heavy atom. The lowest BCUT2D eigenvalue weighted by Crippen LogP contribution is -2.48. The Bertz CT molecular complexity index is 272. The van der Waals surface area contributed by atoms with Crippen LogP contribution in [0.4, 0.5) is 0 Å². The Balaban J connectivity index is 2.68. The standard InChI is InChI=1S/C11H18N2O/c1-4-9(2)11(3,12)14-10-6-5-7-13-8-10/h5-9H,4,12H2,1-3H3. The summed E-state index contributed by atoms with van der Waals surface area (Å²) in [5.74, 6) is 1.03. The van der Waals surface area contributed by atoms with E-state index in [-0.39, 0.29) is 0 Å². The summed E-state index contributed by atoms with van der Waals surface area (Å²) >= 11 is 0. The van der Waals surface area contributed by atoms with Crippen molar-refractivity contribution in [3.05, 3.63) is 24.5 Å². The van der Waals surface area contributed by atoms with E-state index in [1.165, 1.54) is 0 Å². The van der Waals surface area contributed by atoms with Crippen LogP contribution in [0.15, 0.2) is 24.5 Å². The molecule has 0 fully saturated rings. The van der Waals surface area contributed by atoms with Crippen molar-refractivity contribution in [1.82, 2.24) is 4.98 Å². The van der Waals surface area contributed by atoms with Crippen molar-refractivity contribution in [2.45, 2.75) is 32.9 Å². The predicted octanol–water partition coefficient (Wildman–Crippen LogP) is 2.18. The first-order valence-corrected chi connectivity index (χ1v) is 4.94. The molecule has 14 heavy (non-hydrogen) atoms. The van der Waals surface area contributed by atoms with Gasteiger partial charge in [0.15, 0.2) is 5.72 Å². The number of nitrogens with two attached hydrogens (primary N) is 1. The molecule has 1 aromatic heterocycles. The molecule has 2 unspecified atom stereocenters. The molecule has 3 nitrogen and oxygen atoms in total. The molecule has 0 saturated heterocycles. The lowest BCUT2D eigenvalue weighted by atomic mass is 9.97. The highest BCUT2D eigenvalue weighted by Gasteiger charge is 2.27. The third-order valence-corrected chi connectivity index (χ3v) is 2.56. The molecular weight excluding hydrogens is 176 g/mol. The van der Waals surface area contributed by atoms with E-state index < -0.39 is 5.72 Å². The number of rotatable bonds is 4. The van der Waals surface area contributed by atoms with Crippen LogP contribution in [0.5, 0.6) is 5.75 Å². The average Bonchev–Trinajstić information content (AvgIpc) is 2.17. The molecule has 0 radical (unpaired) electrons. The van der Waals surface area contributed by atoms with E-state index in [4.69, 9.17) is 10.5 Å². The molecule has 78 valence electrons. The number of pyridine rings is 1. The third kappa shape index (κ3) is 2.70. The summed E-state index contributed by atoms with van der Waals surface area (Å²) in [6, 6.07) is 3.70. The topological polar surface area (TPSA) is 48.1 Å². The van der Waals surface area contributed by atoms with E-state index in [1.807, 2.05) is 19.1 Å². The first-order chi connectivity index (χ1) is 6.56. The molecule has 0 spiro atoms. The van der Waals surface area contributed by atoms with Crippen molar-refractivity contribution in [1.29, 1.82) is 0 Å². The predicted molar refractivity (Wildman–Crippen MR) is 56.9 cm³/mol. The van der Waals surface area contributed by atoms with Gasteiger partial charge in [0, 0.05) is 12.1 Å². The second-order valence-electron chi connectivity index (χ2n) is 3.78. The fourth-order valence-electron chi connectivity index (χ4n) is 1.17. The van der Waals surface area contributed by atoms with E-state index in [0.717, 1.165) is 12.2 Å². The van der Waals surface area contributed by atoms with Crippen molar-refractivity contribution in [3.63, 3.8) is 0 Å². The molecule has 0 bridgehead atoms. The lowest BCUT2D eigenvalue weighted by Gasteiger charge is -2.31. The largest absolute Gasteiger partial charge is 0.471 e. The zero-order chi connectivity index (χ0) is 10.6. The molecule has 1 rings (SSSR count). The summed E-state index contributed by atoms with van der Waals surface area (Å²) in [6.07, 6.45) is 4.38. The molecule has 1 heterocycles. The zero-order valence-corrected chi connectivity index (χ0v) is 9.03. The van der Waals surface area contributed by atoms with Crippen LogP contribution in [0, 0.1) is 5.92 Å². The number of nitrogens with zero attached hydrogens (tertiary/aromatic N) is 1. The van der Waals surface area contributed by atoms with Gasteiger partial charge >= 0.3 is 0 Å². The number of hydrogen-bond donors (Lipinski definition) is 1. The maximum absolute atomic E-state index is 6.05. The number of hydrogen-bond acceptors (Lipinski definition) is 3. The van der Waals surface area contributed by atoms with Crippen LogP contribution in [-0.4, -0.2) is 10.7 Å². The minimum absolute atomic E-state index is 0.308. The highest BCUT2D eigenvalue weighted by atomic mass is 16.5. The van der Waals surface area contributed by atoms with Crippen LogP contribution >= 0.6 is 0 Å². The molecular formula is C11H18N2O. The molecule has 0 saturated carbocycles. The summed E-state index contributed by atoms with van der Waals surface area (Å²) in [6.45, 7) is 6.08. The second-order valence-corrected chi connectivity index (χ2v) is 3.78. The van der Waals surface area contributed by atoms with Gasteiger partial charge < -0.3 is 4.74 Å². The minimum Gasteiger partial charge on any atom is -0.471 e. The van der Waals surface area contributed by atoms with Crippen molar-refractivity contribution < 1.29 is 4.74 Å². The Morgan fingerprint density at radius 1 is 1.64 bits per heavy atom. The van der Waals surface area contributed by atoms with E-state index >= 15 is 0 Å². The van der Waals surface area contributed by atoms with Gasteiger partial charge in [-0.15, -0.1) is 0 Å². The van der Waals surface area contributed by atoms with E-state index in [9.17, 15) is 0 Å². The summed E-state index contributed by atoms with van der Waals surface area (Å²) in [5.41, 5.74) is 5.43. The number of ether oxygens (including phenoxy) is 1. The molecule has 0 aliphatic rings. The molecule has 0 aliphatic carbocycles. The second kappa shape index (κ2) is 4.42. The van der Waals surface area contributed by atoms with Crippen LogP contribution in [0.25, 0.3) is 0 Å². The van der Waals surface area contributed by atoms with Crippen LogP contribution in [0.1, 0.15) is 27.2 Å². The third-order valence-electron chi connectivity index (χ3n) is 2.56. The summed E-state index contributed by atoms with van der Waals surface area (Å²) < 4.78 is 5.67. The number of aromatic nitrogens is 1. The fourth-order valence-corrected chi connectivity index (χ4v) is 1.17. The van der Waals surface area contributed by atoms with Gasteiger partial charge in [-0.2, -0.15) is 0 Å². The minimum atomic E-state index is -0.627. The molecule has 0 amide bonds. The van der Waals surface area contributed by atoms with Crippen molar-refractivity contribution >= 4 is 0 Å². The smallest absolute Gasteiger partial charge is 0.158 e. The highest BCUT2D eigenvalue weighted by Crippen LogP contribution is 2.21. The maximum Gasteiger partial charge on any atom is 0.158 e. The van der Waals surface area contributed by atoms with Gasteiger partial charge in [0.1, 0.15) is 5.75 Å². The molecule has 3 heteroatoms. The molecule has 1 aromatic rings. The highest BCUT2D eigenvalue weighted by molar-refractivity contribution is 5.16. The fraction of sp³-hybridized carbons (Fsp3) is 0.545. The summed E-state index contributed by atoms with van der Waals surface area (Å²) in [7, 11) is 0. The van der Waals surface area contributed by atoms with Gasteiger partial charge in [0.05, 0.1) is 6.20 Å². The maximum atomic E-state index is 6.05. The monoisotopic (exact) mass is 194 g/mol. The first-order valence-electron chi connectivity index (χ1n) is 4.94. The Hall–Kier alpha value is -1.09. The van der Waals surface area contributed by atoms with Crippen LogP contribution in [0.2, 0.25) is 0 Å². The molecule has 0 aromatic carbocycles. The Kier molecular flexibility index (Phi) is 3.47. The molecule has 2 atom stereocenters. The Morgan fingerprint density at radius 3 is 2.86 bits per heavy atom. The molecule has 0 aliphatic heterocycles. The summed E-state index contributed by atoms with van der Waals surface area (Å²) in [4.78, 5) is 3.97. The van der Waals surface area contributed by atoms with Gasteiger partial charge in [-0.25, -0.2) is 0 Å². The van der Waals surface area contributed by atoms with Gasteiger partial charge in [-0.3, -0.25) is 10.7 Å². The van der Waals surface area contributed by atoms with Crippen LogP contribution < -0.4 is 10.5 Å². The average molecular weight is 194 g/mol. The van der Waals surface area contributed by atoms with Crippen LogP contribution in [-0.2, 0) is 0 Å². The summed E-state index contributed by atoms with van der Waals surface area (Å²) in [5, 5.41) is 0. The zero-order valence-electron chi connectivity index (χ0n) is 9.03. The van der Waals surface area contributed by atoms with E-state index in [2.05, 4.69) is 18.8 Å². The van der Waals surface area contributed by atoms with Gasteiger partial charge in [-0.05, 0) is 25.5 Å². The van der Waals surface area contributed by atoms with Gasteiger partial charge in [0.2, 0.25) is 0 Å². The van der Waals surface area contributed by atoms with Crippen molar-refractivity contribution in [2.75, 3.05) is 0 Å².